The van der Waals surface area contributed by atoms with E-state index in [0.717, 1.165) is 26.5 Å². The molecule has 2 N–H and O–H groups in total. The van der Waals surface area contributed by atoms with E-state index in [1.807, 2.05) is 30.3 Å². The van der Waals surface area contributed by atoms with Crippen LogP contribution in [0.15, 0.2) is 46.0 Å². The zero-order chi connectivity index (χ0) is 12.3. The van der Waals surface area contributed by atoms with E-state index in [2.05, 4.69) is 20.9 Å². The van der Waals surface area contributed by atoms with Gasteiger partial charge in [-0.2, -0.15) is 0 Å². The molecule has 0 amide bonds. The fourth-order valence-electron chi connectivity index (χ4n) is 1.33. The van der Waals surface area contributed by atoms with Crippen LogP contribution < -0.4 is 5.73 Å². The van der Waals surface area contributed by atoms with Crippen molar-refractivity contribution in [3.8, 4) is 0 Å². The summed E-state index contributed by atoms with van der Waals surface area (Å²) in [6.45, 7) is 0. The van der Waals surface area contributed by atoms with Gasteiger partial charge in [-0.15, -0.1) is 11.8 Å². The van der Waals surface area contributed by atoms with Gasteiger partial charge < -0.3 is 5.73 Å². The van der Waals surface area contributed by atoms with Gasteiger partial charge in [-0.25, -0.2) is 4.98 Å². The van der Waals surface area contributed by atoms with Gasteiger partial charge in [-0.1, -0.05) is 23.7 Å². The third-order valence-corrected chi connectivity index (χ3v) is 4.64. The maximum atomic E-state index is 6.04. The van der Waals surface area contributed by atoms with Crippen LogP contribution >= 0.6 is 39.3 Å². The standard InChI is InChI=1S/C12H10BrClN2S/c13-11-8(3-1-5-10(11)15)7-17-12-9(14)4-2-6-16-12/h1-6H,7,15H2. The zero-order valence-electron chi connectivity index (χ0n) is 8.86. The minimum Gasteiger partial charge on any atom is -0.398 e. The van der Waals surface area contributed by atoms with Gasteiger partial charge >= 0.3 is 0 Å². The Bertz CT molecular complexity index is 534. The molecule has 1 aromatic carbocycles. The predicted octanol–water partition coefficient (Wildman–Crippen LogP) is 4.37. The molecule has 1 heterocycles. The molecule has 0 spiro atoms. The predicted molar refractivity (Wildman–Crippen MR) is 77.4 cm³/mol. The largest absolute Gasteiger partial charge is 0.398 e. The van der Waals surface area contributed by atoms with Crippen molar-refractivity contribution >= 4 is 45.0 Å². The Morgan fingerprint density at radius 3 is 2.88 bits per heavy atom. The van der Waals surface area contributed by atoms with Crippen LogP contribution in [0.2, 0.25) is 5.02 Å². The number of aromatic nitrogens is 1. The monoisotopic (exact) mass is 328 g/mol. The highest BCUT2D eigenvalue weighted by Crippen LogP contribution is 2.31. The molecule has 17 heavy (non-hydrogen) atoms. The van der Waals surface area contributed by atoms with Gasteiger partial charge in [0.05, 0.1) is 5.02 Å². The van der Waals surface area contributed by atoms with E-state index in [1.54, 1.807) is 18.0 Å². The van der Waals surface area contributed by atoms with E-state index in [-0.39, 0.29) is 0 Å². The van der Waals surface area contributed by atoms with Gasteiger partial charge in [-0.3, -0.25) is 0 Å². The van der Waals surface area contributed by atoms with Crippen LogP contribution in [0.25, 0.3) is 0 Å². The fraction of sp³-hybridized carbons (Fsp3) is 0.0833. The van der Waals surface area contributed by atoms with Gasteiger partial charge in [0.15, 0.2) is 0 Å². The second kappa shape index (κ2) is 5.76. The van der Waals surface area contributed by atoms with E-state index < -0.39 is 0 Å². The number of rotatable bonds is 3. The van der Waals surface area contributed by atoms with Crippen molar-refractivity contribution in [1.29, 1.82) is 0 Å². The number of nitrogen functional groups attached to an aromatic ring is 1. The van der Waals surface area contributed by atoms with Crippen LogP contribution in [0.3, 0.4) is 0 Å². The van der Waals surface area contributed by atoms with E-state index in [4.69, 9.17) is 17.3 Å². The molecule has 0 aliphatic carbocycles. The van der Waals surface area contributed by atoms with Crippen LogP contribution in [0, 0.1) is 0 Å². The average Bonchev–Trinajstić information content (AvgIpc) is 2.33. The third-order valence-electron chi connectivity index (χ3n) is 2.20. The molecule has 88 valence electrons. The molecule has 2 aromatic rings. The number of anilines is 1. The van der Waals surface area contributed by atoms with Crippen LogP contribution in [0.1, 0.15) is 5.56 Å². The second-order valence-corrected chi connectivity index (χ2v) is 5.56. The topological polar surface area (TPSA) is 38.9 Å². The van der Waals surface area contributed by atoms with E-state index >= 15 is 0 Å². The molecule has 0 atom stereocenters. The van der Waals surface area contributed by atoms with Crippen molar-refractivity contribution in [2.75, 3.05) is 5.73 Å². The lowest BCUT2D eigenvalue weighted by molar-refractivity contribution is 1.13. The molecule has 0 radical (unpaired) electrons. The summed E-state index contributed by atoms with van der Waals surface area (Å²) in [5, 5.41) is 1.51. The first-order valence-electron chi connectivity index (χ1n) is 4.94. The first kappa shape index (κ1) is 12.7. The quantitative estimate of drug-likeness (QED) is 0.671. The molecule has 0 unspecified atom stereocenters. The molecule has 0 saturated carbocycles. The lowest BCUT2D eigenvalue weighted by Gasteiger charge is -2.07. The number of pyridine rings is 1. The number of hydrogen-bond donors (Lipinski definition) is 1. The minimum absolute atomic E-state index is 0.678. The zero-order valence-corrected chi connectivity index (χ0v) is 12.0. The molecule has 2 rings (SSSR count). The molecule has 0 bridgehead atoms. The Morgan fingerprint density at radius 1 is 1.29 bits per heavy atom. The summed E-state index contributed by atoms with van der Waals surface area (Å²) in [7, 11) is 0. The molecular formula is C12H10BrClN2S. The van der Waals surface area contributed by atoms with Crippen molar-refractivity contribution < 1.29 is 0 Å². The Kier molecular flexibility index (Phi) is 4.31. The normalized spacial score (nSPS) is 10.5. The number of nitrogens with zero attached hydrogens (tertiary/aromatic N) is 1. The van der Waals surface area contributed by atoms with Crippen LogP contribution in [-0.4, -0.2) is 4.98 Å². The van der Waals surface area contributed by atoms with Crippen LogP contribution in [0.5, 0.6) is 0 Å². The van der Waals surface area contributed by atoms with Gasteiger partial charge in [-0.05, 0) is 39.7 Å². The Labute approximate surface area is 118 Å². The first-order chi connectivity index (χ1) is 8.18. The van der Waals surface area contributed by atoms with Gasteiger partial charge in [0.1, 0.15) is 5.03 Å². The van der Waals surface area contributed by atoms with Gasteiger partial charge in [0.25, 0.3) is 0 Å². The van der Waals surface area contributed by atoms with Crippen molar-refractivity contribution in [2.24, 2.45) is 0 Å². The van der Waals surface area contributed by atoms with E-state index in [9.17, 15) is 0 Å². The summed E-state index contributed by atoms with van der Waals surface area (Å²) >= 11 is 11.1. The minimum atomic E-state index is 0.678. The molecule has 2 nitrogen and oxygen atoms in total. The number of nitrogens with two attached hydrogens (primary N) is 1. The van der Waals surface area contributed by atoms with Crippen molar-refractivity contribution in [3.05, 3.63) is 51.6 Å². The van der Waals surface area contributed by atoms with Crippen molar-refractivity contribution in [1.82, 2.24) is 4.98 Å². The molecule has 0 saturated heterocycles. The van der Waals surface area contributed by atoms with Crippen LogP contribution in [-0.2, 0) is 5.75 Å². The Morgan fingerprint density at radius 2 is 2.12 bits per heavy atom. The summed E-state index contributed by atoms with van der Waals surface area (Å²) in [5.41, 5.74) is 7.70. The third kappa shape index (κ3) is 3.15. The van der Waals surface area contributed by atoms with E-state index in [1.165, 1.54) is 0 Å². The number of hydrogen-bond acceptors (Lipinski definition) is 3. The first-order valence-corrected chi connectivity index (χ1v) is 7.10. The molecule has 0 aliphatic rings. The number of thioether (sulfide) groups is 1. The highest BCUT2D eigenvalue weighted by molar-refractivity contribution is 9.10. The smallest absolute Gasteiger partial charge is 0.115 e. The lowest BCUT2D eigenvalue weighted by Crippen LogP contribution is -1.91. The molecule has 5 heteroatoms. The summed E-state index contributed by atoms with van der Waals surface area (Å²) < 4.78 is 0.944. The summed E-state index contributed by atoms with van der Waals surface area (Å²) in [6, 6.07) is 9.50. The molecule has 0 aliphatic heterocycles. The maximum absolute atomic E-state index is 6.04. The number of benzene rings is 1. The summed E-state index contributed by atoms with van der Waals surface area (Å²) in [6.07, 6.45) is 1.74. The molecule has 1 aromatic heterocycles. The highest BCUT2D eigenvalue weighted by atomic mass is 79.9. The average molecular weight is 330 g/mol. The fourth-order valence-corrected chi connectivity index (χ4v) is 3.08. The van der Waals surface area contributed by atoms with Gasteiger partial charge in [0.2, 0.25) is 0 Å². The summed E-state index contributed by atoms with van der Waals surface area (Å²) in [5.74, 6) is 0.780. The lowest BCUT2D eigenvalue weighted by atomic mass is 10.2. The second-order valence-electron chi connectivity index (χ2n) is 3.40. The highest BCUT2D eigenvalue weighted by Gasteiger charge is 2.06. The summed E-state index contributed by atoms with van der Waals surface area (Å²) in [4.78, 5) is 4.23. The van der Waals surface area contributed by atoms with Crippen LogP contribution in [0.4, 0.5) is 5.69 Å². The maximum Gasteiger partial charge on any atom is 0.115 e. The molecular weight excluding hydrogens is 320 g/mol. The van der Waals surface area contributed by atoms with Crippen molar-refractivity contribution in [2.45, 2.75) is 10.8 Å². The molecule has 0 fully saturated rings. The SMILES string of the molecule is Nc1cccc(CSc2ncccc2Cl)c1Br. The van der Waals surface area contributed by atoms with Gasteiger partial charge in [0, 0.05) is 22.1 Å². The number of halogens is 2. The Hall–Kier alpha value is -0.710. The Balaban J connectivity index is 2.13. The van der Waals surface area contributed by atoms with Crippen molar-refractivity contribution in [3.63, 3.8) is 0 Å². The van der Waals surface area contributed by atoms with E-state index in [0.29, 0.717) is 5.02 Å².